The molecule has 0 amide bonds. The van der Waals surface area contributed by atoms with Gasteiger partial charge < -0.3 is 5.73 Å². The van der Waals surface area contributed by atoms with E-state index in [1.54, 1.807) is 5.57 Å². The van der Waals surface area contributed by atoms with Gasteiger partial charge in [-0.15, -0.1) is 0 Å². The first-order chi connectivity index (χ1) is 5.36. The molecular formula is C9H18N2. The van der Waals surface area contributed by atoms with Crippen molar-refractivity contribution in [2.45, 2.75) is 19.8 Å². The summed E-state index contributed by atoms with van der Waals surface area (Å²) in [7, 11) is 0. The van der Waals surface area contributed by atoms with Gasteiger partial charge in [0.05, 0.1) is 0 Å². The van der Waals surface area contributed by atoms with Crippen LogP contribution in [0.3, 0.4) is 0 Å². The zero-order chi connectivity index (χ0) is 8.10. The van der Waals surface area contributed by atoms with E-state index in [1.807, 2.05) is 0 Å². The summed E-state index contributed by atoms with van der Waals surface area (Å²) in [4.78, 5) is 2.40. The highest BCUT2D eigenvalue weighted by Gasteiger charge is 2.08. The average Bonchev–Trinajstić information content (AvgIpc) is 2.07. The predicted molar refractivity (Wildman–Crippen MR) is 48.5 cm³/mol. The zero-order valence-electron chi connectivity index (χ0n) is 7.34. The van der Waals surface area contributed by atoms with Gasteiger partial charge in [0.15, 0.2) is 0 Å². The standard InChI is InChI=1S/C9H18N2/c1-2-9-3-6-11(7-4-9)8-5-10/h3H,2,4-8,10H2,1H3. The zero-order valence-corrected chi connectivity index (χ0v) is 7.34. The van der Waals surface area contributed by atoms with Gasteiger partial charge in [-0.1, -0.05) is 18.6 Å². The second-order valence-electron chi connectivity index (χ2n) is 3.06. The third-order valence-electron chi connectivity index (χ3n) is 2.29. The molecule has 0 aliphatic carbocycles. The van der Waals surface area contributed by atoms with Gasteiger partial charge in [-0.25, -0.2) is 0 Å². The Labute approximate surface area is 69.1 Å². The van der Waals surface area contributed by atoms with Crippen molar-refractivity contribution >= 4 is 0 Å². The Bertz CT molecular complexity index is 140. The van der Waals surface area contributed by atoms with Crippen LogP contribution in [0, 0.1) is 0 Å². The fourth-order valence-electron chi connectivity index (χ4n) is 1.46. The molecule has 0 unspecified atom stereocenters. The number of nitrogens with zero attached hydrogens (tertiary/aromatic N) is 1. The molecule has 64 valence electrons. The van der Waals surface area contributed by atoms with Crippen LogP contribution in [0.2, 0.25) is 0 Å². The largest absolute Gasteiger partial charge is 0.329 e. The van der Waals surface area contributed by atoms with Crippen LogP contribution in [-0.2, 0) is 0 Å². The van der Waals surface area contributed by atoms with Gasteiger partial charge in [0.1, 0.15) is 0 Å². The Kier molecular flexibility index (Phi) is 3.60. The molecule has 0 spiro atoms. The molecule has 0 fully saturated rings. The van der Waals surface area contributed by atoms with Crippen molar-refractivity contribution in [2.75, 3.05) is 26.2 Å². The maximum Gasteiger partial charge on any atom is 0.0166 e. The summed E-state index contributed by atoms with van der Waals surface area (Å²) in [5, 5.41) is 0. The van der Waals surface area contributed by atoms with Crippen LogP contribution >= 0.6 is 0 Å². The van der Waals surface area contributed by atoms with E-state index in [-0.39, 0.29) is 0 Å². The summed E-state index contributed by atoms with van der Waals surface area (Å²) >= 11 is 0. The minimum Gasteiger partial charge on any atom is -0.329 e. The monoisotopic (exact) mass is 154 g/mol. The second kappa shape index (κ2) is 4.52. The SMILES string of the molecule is CCC1=CCN(CCN)CC1. The van der Waals surface area contributed by atoms with Crippen LogP contribution in [0.25, 0.3) is 0 Å². The minimum absolute atomic E-state index is 0.787. The molecule has 11 heavy (non-hydrogen) atoms. The summed E-state index contributed by atoms with van der Waals surface area (Å²) in [5.74, 6) is 0. The van der Waals surface area contributed by atoms with Crippen LogP contribution in [0.1, 0.15) is 19.8 Å². The lowest BCUT2D eigenvalue weighted by Crippen LogP contribution is -2.33. The molecule has 1 rings (SSSR count). The second-order valence-corrected chi connectivity index (χ2v) is 3.06. The molecule has 0 aromatic rings. The lowest BCUT2D eigenvalue weighted by molar-refractivity contribution is 0.300. The van der Waals surface area contributed by atoms with E-state index in [0.717, 1.165) is 19.6 Å². The number of hydrogen-bond donors (Lipinski definition) is 1. The van der Waals surface area contributed by atoms with Crippen LogP contribution in [0.15, 0.2) is 11.6 Å². The Balaban J connectivity index is 2.29. The molecule has 0 bridgehead atoms. The van der Waals surface area contributed by atoms with Crippen molar-refractivity contribution in [2.24, 2.45) is 5.73 Å². The molecule has 1 aliphatic heterocycles. The van der Waals surface area contributed by atoms with E-state index >= 15 is 0 Å². The smallest absolute Gasteiger partial charge is 0.0166 e. The van der Waals surface area contributed by atoms with E-state index in [4.69, 9.17) is 5.73 Å². The normalized spacial score (nSPS) is 20.0. The molecule has 0 aromatic carbocycles. The summed E-state index contributed by atoms with van der Waals surface area (Å²) in [5.41, 5.74) is 7.07. The van der Waals surface area contributed by atoms with Gasteiger partial charge in [-0.2, -0.15) is 0 Å². The number of hydrogen-bond acceptors (Lipinski definition) is 2. The van der Waals surface area contributed by atoms with E-state index in [1.165, 1.54) is 19.4 Å². The van der Waals surface area contributed by atoms with Crippen LogP contribution in [0.5, 0.6) is 0 Å². The minimum atomic E-state index is 0.787. The molecule has 0 radical (unpaired) electrons. The number of nitrogens with two attached hydrogens (primary N) is 1. The quantitative estimate of drug-likeness (QED) is 0.614. The molecular weight excluding hydrogens is 136 g/mol. The molecule has 0 atom stereocenters. The van der Waals surface area contributed by atoms with Crippen molar-refractivity contribution in [1.82, 2.24) is 4.90 Å². The van der Waals surface area contributed by atoms with Gasteiger partial charge in [-0.05, 0) is 12.8 Å². The van der Waals surface area contributed by atoms with Crippen molar-refractivity contribution in [3.63, 3.8) is 0 Å². The first-order valence-electron chi connectivity index (χ1n) is 4.47. The highest BCUT2D eigenvalue weighted by atomic mass is 15.1. The molecule has 1 aliphatic rings. The highest BCUT2D eigenvalue weighted by Crippen LogP contribution is 2.12. The lowest BCUT2D eigenvalue weighted by Gasteiger charge is -2.25. The lowest BCUT2D eigenvalue weighted by atomic mass is 10.1. The van der Waals surface area contributed by atoms with Gasteiger partial charge in [0.2, 0.25) is 0 Å². The Morgan fingerprint density at radius 3 is 2.91 bits per heavy atom. The van der Waals surface area contributed by atoms with Gasteiger partial charge in [0.25, 0.3) is 0 Å². The van der Waals surface area contributed by atoms with E-state index in [9.17, 15) is 0 Å². The fraction of sp³-hybridized carbons (Fsp3) is 0.778. The van der Waals surface area contributed by atoms with Crippen LogP contribution < -0.4 is 5.73 Å². The van der Waals surface area contributed by atoms with Crippen molar-refractivity contribution in [1.29, 1.82) is 0 Å². The van der Waals surface area contributed by atoms with Crippen molar-refractivity contribution < 1.29 is 0 Å². The van der Waals surface area contributed by atoms with Crippen molar-refractivity contribution in [3.8, 4) is 0 Å². The summed E-state index contributed by atoms with van der Waals surface area (Å²) in [6.45, 7) is 6.38. The molecule has 1 heterocycles. The molecule has 0 aromatic heterocycles. The van der Waals surface area contributed by atoms with E-state index in [0.29, 0.717) is 0 Å². The van der Waals surface area contributed by atoms with Gasteiger partial charge in [-0.3, -0.25) is 4.90 Å². The first-order valence-corrected chi connectivity index (χ1v) is 4.47. The van der Waals surface area contributed by atoms with Gasteiger partial charge in [0, 0.05) is 26.2 Å². The molecule has 2 nitrogen and oxygen atoms in total. The maximum atomic E-state index is 5.46. The van der Waals surface area contributed by atoms with Crippen molar-refractivity contribution in [3.05, 3.63) is 11.6 Å². The van der Waals surface area contributed by atoms with Gasteiger partial charge >= 0.3 is 0 Å². The molecule has 0 saturated carbocycles. The number of rotatable bonds is 3. The molecule has 2 heteroatoms. The Morgan fingerprint density at radius 1 is 1.64 bits per heavy atom. The van der Waals surface area contributed by atoms with E-state index in [2.05, 4.69) is 17.9 Å². The third-order valence-corrected chi connectivity index (χ3v) is 2.29. The highest BCUT2D eigenvalue weighted by molar-refractivity contribution is 5.06. The van der Waals surface area contributed by atoms with E-state index < -0.39 is 0 Å². The maximum absolute atomic E-state index is 5.46. The topological polar surface area (TPSA) is 29.3 Å². The first kappa shape index (κ1) is 8.75. The summed E-state index contributed by atoms with van der Waals surface area (Å²) < 4.78 is 0. The fourth-order valence-corrected chi connectivity index (χ4v) is 1.46. The average molecular weight is 154 g/mol. The van der Waals surface area contributed by atoms with Crippen LogP contribution in [0.4, 0.5) is 0 Å². The summed E-state index contributed by atoms with van der Waals surface area (Å²) in [6.07, 6.45) is 4.81. The van der Waals surface area contributed by atoms with Crippen LogP contribution in [-0.4, -0.2) is 31.1 Å². The Morgan fingerprint density at radius 2 is 2.45 bits per heavy atom. The predicted octanol–water partition coefficient (Wildman–Crippen LogP) is 0.987. The Hall–Kier alpha value is -0.340. The summed E-state index contributed by atoms with van der Waals surface area (Å²) in [6, 6.07) is 0. The molecule has 2 N–H and O–H groups in total. The third kappa shape index (κ3) is 2.64. The molecule has 0 saturated heterocycles.